The van der Waals surface area contributed by atoms with Crippen LogP contribution in [-0.4, -0.2) is 43.1 Å². The van der Waals surface area contributed by atoms with Gasteiger partial charge in [-0.25, -0.2) is 0 Å². The summed E-state index contributed by atoms with van der Waals surface area (Å²) in [6.07, 6.45) is 2.44. The van der Waals surface area contributed by atoms with E-state index >= 15 is 0 Å². The maximum atomic E-state index is 12.1. The van der Waals surface area contributed by atoms with Crippen LogP contribution in [0.1, 0.15) is 37.3 Å². The number of carbonyl (C=O) groups is 1. The van der Waals surface area contributed by atoms with Crippen molar-refractivity contribution < 1.29 is 9.53 Å². The highest BCUT2D eigenvalue weighted by Gasteiger charge is 2.19. The second kappa shape index (κ2) is 8.18. The van der Waals surface area contributed by atoms with E-state index in [1.165, 1.54) is 5.56 Å². The monoisotopic (exact) mass is 304 g/mol. The number of unbranched alkanes of at least 4 members (excludes halogenated alkanes) is 1. The zero-order chi connectivity index (χ0) is 15.9. The lowest BCUT2D eigenvalue weighted by Gasteiger charge is -2.32. The minimum atomic E-state index is 0.278. The molecule has 1 N–H and O–H groups in total. The topological polar surface area (TPSA) is 41.6 Å². The van der Waals surface area contributed by atoms with Gasteiger partial charge in [0.1, 0.15) is 5.75 Å². The first-order valence-corrected chi connectivity index (χ1v) is 8.27. The van der Waals surface area contributed by atoms with Gasteiger partial charge in [-0.15, -0.1) is 0 Å². The Labute approximate surface area is 133 Å². The first-order chi connectivity index (χ1) is 10.6. The van der Waals surface area contributed by atoms with Crippen molar-refractivity contribution in [3.63, 3.8) is 0 Å². The van der Waals surface area contributed by atoms with Gasteiger partial charge in [0.25, 0.3) is 0 Å². The van der Waals surface area contributed by atoms with E-state index in [0.29, 0.717) is 19.1 Å². The van der Waals surface area contributed by atoms with Crippen molar-refractivity contribution in [2.45, 2.75) is 46.1 Å². The third kappa shape index (κ3) is 5.02. The number of nitrogens with zero attached hydrogens (tertiary/aromatic N) is 1. The number of amides is 1. The second-order valence-electron chi connectivity index (χ2n) is 6.27. The van der Waals surface area contributed by atoms with Crippen molar-refractivity contribution in [3.05, 3.63) is 29.3 Å². The minimum Gasteiger partial charge on any atom is -0.493 e. The molecule has 22 heavy (non-hydrogen) atoms. The van der Waals surface area contributed by atoms with Crippen molar-refractivity contribution in [3.8, 4) is 5.75 Å². The van der Waals surface area contributed by atoms with E-state index < -0.39 is 0 Å². The number of carbonyl (C=O) groups excluding carboxylic acids is 1. The van der Waals surface area contributed by atoms with Gasteiger partial charge in [0, 0.05) is 32.1 Å². The molecule has 4 nitrogen and oxygen atoms in total. The van der Waals surface area contributed by atoms with Crippen LogP contribution >= 0.6 is 0 Å². The fourth-order valence-electron chi connectivity index (χ4n) is 2.74. The number of hydrogen-bond acceptors (Lipinski definition) is 3. The largest absolute Gasteiger partial charge is 0.493 e. The van der Waals surface area contributed by atoms with Crippen LogP contribution in [0.25, 0.3) is 0 Å². The fourth-order valence-corrected chi connectivity index (χ4v) is 2.74. The van der Waals surface area contributed by atoms with Crippen LogP contribution in [0.15, 0.2) is 18.2 Å². The van der Waals surface area contributed by atoms with Gasteiger partial charge >= 0.3 is 0 Å². The first-order valence-electron chi connectivity index (χ1n) is 8.27. The summed E-state index contributed by atoms with van der Waals surface area (Å²) in [5.74, 6) is 1.24. The summed E-state index contributed by atoms with van der Waals surface area (Å²) in [7, 11) is 0. The third-order valence-corrected chi connectivity index (χ3v) is 4.11. The summed E-state index contributed by atoms with van der Waals surface area (Å²) >= 11 is 0. The van der Waals surface area contributed by atoms with Gasteiger partial charge in [-0.1, -0.05) is 12.1 Å². The normalized spacial score (nSPS) is 18.3. The molecule has 1 heterocycles. The lowest BCUT2D eigenvalue weighted by molar-refractivity contribution is -0.132. The quantitative estimate of drug-likeness (QED) is 0.822. The molecule has 2 rings (SSSR count). The molecule has 122 valence electrons. The minimum absolute atomic E-state index is 0.278. The molecule has 1 aliphatic heterocycles. The Kier molecular flexibility index (Phi) is 6.25. The SMILES string of the molecule is Cc1ccc(C)c(OCCCCC(=O)N2CCNC(C)C2)c1. The van der Waals surface area contributed by atoms with Crippen LogP contribution < -0.4 is 10.1 Å². The van der Waals surface area contributed by atoms with Crippen molar-refractivity contribution in [2.24, 2.45) is 0 Å². The first kappa shape index (κ1) is 16.8. The van der Waals surface area contributed by atoms with Gasteiger partial charge in [-0.05, 0) is 50.8 Å². The molecule has 1 aromatic rings. The Bertz CT molecular complexity index is 502. The summed E-state index contributed by atoms with van der Waals surface area (Å²) in [5, 5.41) is 3.36. The molecule has 1 unspecified atom stereocenters. The summed E-state index contributed by atoms with van der Waals surface area (Å²) in [4.78, 5) is 14.1. The van der Waals surface area contributed by atoms with Gasteiger partial charge in [0.2, 0.25) is 5.91 Å². The number of rotatable bonds is 6. The van der Waals surface area contributed by atoms with E-state index in [4.69, 9.17) is 4.74 Å². The highest BCUT2D eigenvalue weighted by molar-refractivity contribution is 5.76. The summed E-state index contributed by atoms with van der Waals surface area (Å²) in [6.45, 7) is 9.50. The highest BCUT2D eigenvalue weighted by atomic mass is 16.5. The molecular weight excluding hydrogens is 276 g/mol. The average molecular weight is 304 g/mol. The summed E-state index contributed by atoms with van der Waals surface area (Å²) in [6, 6.07) is 6.66. The standard InChI is InChI=1S/C18H28N2O2/c1-14-7-8-15(2)17(12-14)22-11-5-4-6-18(21)20-10-9-19-16(3)13-20/h7-8,12,16,19H,4-6,9-11,13H2,1-3H3. The smallest absolute Gasteiger partial charge is 0.222 e. The maximum Gasteiger partial charge on any atom is 0.222 e. The zero-order valence-electron chi connectivity index (χ0n) is 14.0. The van der Waals surface area contributed by atoms with Crippen LogP contribution in [0.3, 0.4) is 0 Å². The fraction of sp³-hybridized carbons (Fsp3) is 0.611. The van der Waals surface area contributed by atoms with Gasteiger partial charge in [0.05, 0.1) is 6.61 Å². The van der Waals surface area contributed by atoms with E-state index in [0.717, 1.165) is 43.8 Å². The summed E-state index contributed by atoms with van der Waals surface area (Å²) < 4.78 is 5.83. The Morgan fingerprint density at radius 3 is 2.95 bits per heavy atom. The number of benzene rings is 1. The van der Waals surface area contributed by atoms with E-state index in [1.807, 2.05) is 4.90 Å². The van der Waals surface area contributed by atoms with E-state index in [9.17, 15) is 4.79 Å². The molecular formula is C18H28N2O2. The molecule has 0 aromatic heterocycles. The molecule has 4 heteroatoms. The van der Waals surface area contributed by atoms with E-state index in [-0.39, 0.29) is 5.91 Å². The average Bonchev–Trinajstić information content (AvgIpc) is 2.50. The van der Waals surface area contributed by atoms with Crippen molar-refractivity contribution in [1.29, 1.82) is 0 Å². The Morgan fingerprint density at radius 2 is 2.18 bits per heavy atom. The Hall–Kier alpha value is -1.55. The second-order valence-corrected chi connectivity index (χ2v) is 6.27. The molecule has 0 spiro atoms. The maximum absolute atomic E-state index is 12.1. The zero-order valence-corrected chi connectivity index (χ0v) is 14.0. The molecule has 0 saturated carbocycles. The molecule has 1 atom stereocenters. The van der Waals surface area contributed by atoms with Crippen LogP contribution in [0.2, 0.25) is 0 Å². The van der Waals surface area contributed by atoms with E-state index in [2.05, 4.69) is 44.3 Å². The highest BCUT2D eigenvalue weighted by Crippen LogP contribution is 2.19. The van der Waals surface area contributed by atoms with Gasteiger partial charge in [0.15, 0.2) is 0 Å². The van der Waals surface area contributed by atoms with Crippen LogP contribution in [-0.2, 0) is 4.79 Å². The molecule has 0 radical (unpaired) electrons. The van der Waals surface area contributed by atoms with E-state index in [1.54, 1.807) is 0 Å². The predicted octanol–water partition coefficient (Wildman–Crippen LogP) is 2.67. The lowest BCUT2D eigenvalue weighted by atomic mass is 10.1. The molecule has 0 bridgehead atoms. The molecule has 1 saturated heterocycles. The predicted molar refractivity (Wildman–Crippen MR) is 89.3 cm³/mol. The number of nitrogens with one attached hydrogen (secondary N) is 1. The van der Waals surface area contributed by atoms with Crippen LogP contribution in [0, 0.1) is 13.8 Å². The molecule has 1 aliphatic rings. The molecule has 1 fully saturated rings. The lowest BCUT2D eigenvalue weighted by Crippen LogP contribution is -2.51. The third-order valence-electron chi connectivity index (χ3n) is 4.11. The van der Waals surface area contributed by atoms with Crippen molar-refractivity contribution in [2.75, 3.05) is 26.2 Å². The van der Waals surface area contributed by atoms with Gasteiger partial charge < -0.3 is 15.0 Å². The number of aryl methyl sites for hydroxylation is 2. The Balaban J connectivity index is 1.64. The van der Waals surface area contributed by atoms with Crippen LogP contribution in [0.4, 0.5) is 0 Å². The van der Waals surface area contributed by atoms with Gasteiger partial charge in [-0.2, -0.15) is 0 Å². The molecule has 0 aliphatic carbocycles. The van der Waals surface area contributed by atoms with Gasteiger partial charge in [-0.3, -0.25) is 4.79 Å². The summed E-state index contributed by atoms with van der Waals surface area (Å²) in [5.41, 5.74) is 2.38. The van der Waals surface area contributed by atoms with Crippen molar-refractivity contribution >= 4 is 5.91 Å². The molecule has 1 amide bonds. The van der Waals surface area contributed by atoms with Crippen molar-refractivity contribution in [1.82, 2.24) is 10.2 Å². The number of hydrogen-bond donors (Lipinski definition) is 1. The number of piperazine rings is 1. The number of ether oxygens (including phenoxy) is 1. The van der Waals surface area contributed by atoms with Crippen LogP contribution in [0.5, 0.6) is 5.75 Å². The Morgan fingerprint density at radius 1 is 1.36 bits per heavy atom. The molecule has 1 aromatic carbocycles.